The summed E-state index contributed by atoms with van der Waals surface area (Å²) in [5.74, 6) is 0.556. The Kier molecular flexibility index (Phi) is 4.99. The van der Waals surface area contributed by atoms with E-state index in [1.54, 1.807) is 19.2 Å². The number of carbonyl (C=O) groups is 1. The first-order valence-corrected chi connectivity index (χ1v) is 9.60. The molecule has 0 atom stereocenters. The van der Waals surface area contributed by atoms with E-state index >= 15 is 0 Å². The molecule has 0 aromatic heterocycles. The van der Waals surface area contributed by atoms with Crippen LogP contribution in [0.3, 0.4) is 0 Å². The van der Waals surface area contributed by atoms with Crippen LogP contribution in [0.5, 0.6) is 5.75 Å². The Labute approximate surface area is 122 Å². The number of nitrogens with zero attached hydrogens (tertiary/aromatic N) is 1. The molecule has 1 aromatic rings. The molecule has 0 aliphatic heterocycles. The summed E-state index contributed by atoms with van der Waals surface area (Å²) in [6, 6.07) is 7.26. The van der Waals surface area contributed by atoms with Gasteiger partial charge in [-0.2, -0.15) is 0 Å². The average molecular weight is 295 g/mol. The molecule has 0 bridgehead atoms. The number of carbonyl (C=O) groups excluding carboxylic acids is 1. The zero-order chi connectivity index (χ0) is 15.6. The summed E-state index contributed by atoms with van der Waals surface area (Å²) in [5.41, 5.74) is 0.561. The SMILES string of the molecule is CON(C)C(=O)c1cccc(O[Si](C)(C)C(C)(C)C)c1. The molecule has 0 saturated carbocycles. The monoisotopic (exact) mass is 295 g/mol. The third-order valence-electron chi connectivity index (χ3n) is 3.82. The maximum atomic E-state index is 12.0. The Bertz CT molecular complexity index is 480. The van der Waals surface area contributed by atoms with Crippen LogP contribution in [0.25, 0.3) is 0 Å². The van der Waals surface area contributed by atoms with E-state index in [2.05, 4.69) is 33.9 Å². The van der Waals surface area contributed by atoms with Crippen molar-refractivity contribution in [3.8, 4) is 5.75 Å². The molecule has 5 heteroatoms. The molecular formula is C15H25NO3Si. The van der Waals surface area contributed by atoms with Crippen molar-refractivity contribution in [2.24, 2.45) is 0 Å². The van der Waals surface area contributed by atoms with Crippen molar-refractivity contribution in [1.29, 1.82) is 0 Å². The van der Waals surface area contributed by atoms with E-state index in [9.17, 15) is 4.79 Å². The standard InChI is InChI=1S/C15H25NO3Si/c1-15(2,3)20(6,7)19-13-10-8-9-12(11-13)14(17)16(4)18-5/h8-11H,1-7H3. The Hall–Kier alpha value is -1.33. The van der Waals surface area contributed by atoms with E-state index in [1.807, 2.05) is 12.1 Å². The molecule has 0 fully saturated rings. The summed E-state index contributed by atoms with van der Waals surface area (Å²) in [6.07, 6.45) is 0. The number of benzene rings is 1. The second-order valence-electron chi connectivity index (χ2n) is 6.38. The van der Waals surface area contributed by atoms with Crippen LogP contribution in [0.2, 0.25) is 18.1 Å². The third kappa shape index (κ3) is 3.83. The van der Waals surface area contributed by atoms with Crippen molar-refractivity contribution in [3.63, 3.8) is 0 Å². The lowest BCUT2D eigenvalue weighted by molar-refractivity contribution is -0.0757. The van der Waals surface area contributed by atoms with E-state index in [0.717, 1.165) is 5.75 Å². The lowest BCUT2D eigenvalue weighted by atomic mass is 10.2. The van der Waals surface area contributed by atoms with Crippen molar-refractivity contribution in [3.05, 3.63) is 29.8 Å². The summed E-state index contributed by atoms with van der Waals surface area (Å²) >= 11 is 0. The molecule has 1 rings (SSSR count). The maximum Gasteiger partial charge on any atom is 0.277 e. The molecule has 0 aliphatic rings. The van der Waals surface area contributed by atoms with Gasteiger partial charge in [-0.1, -0.05) is 26.8 Å². The molecule has 0 radical (unpaired) electrons. The summed E-state index contributed by atoms with van der Waals surface area (Å²) in [4.78, 5) is 17.0. The van der Waals surface area contributed by atoms with Crippen LogP contribution in [0.15, 0.2) is 24.3 Å². The number of rotatable bonds is 4. The van der Waals surface area contributed by atoms with E-state index < -0.39 is 8.32 Å². The number of hydrogen-bond donors (Lipinski definition) is 0. The van der Waals surface area contributed by atoms with Crippen LogP contribution in [-0.2, 0) is 4.84 Å². The van der Waals surface area contributed by atoms with Crippen molar-refractivity contribution >= 4 is 14.2 Å². The van der Waals surface area contributed by atoms with Crippen molar-refractivity contribution in [1.82, 2.24) is 5.06 Å². The summed E-state index contributed by atoms with van der Waals surface area (Å²) in [5, 5.41) is 1.32. The maximum absolute atomic E-state index is 12.0. The summed E-state index contributed by atoms with van der Waals surface area (Å²) in [7, 11) is 1.16. The molecule has 0 N–H and O–H groups in total. The normalized spacial score (nSPS) is 12.2. The van der Waals surface area contributed by atoms with Crippen LogP contribution in [0.4, 0.5) is 0 Å². The minimum absolute atomic E-state index is 0.121. The number of hydroxylamine groups is 2. The highest BCUT2D eigenvalue weighted by molar-refractivity contribution is 6.74. The second kappa shape index (κ2) is 5.97. The van der Waals surface area contributed by atoms with Crippen molar-refractivity contribution in [2.45, 2.75) is 38.9 Å². The van der Waals surface area contributed by atoms with E-state index in [-0.39, 0.29) is 10.9 Å². The minimum Gasteiger partial charge on any atom is -0.543 e. The van der Waals surface area contributed by atoms with Gasteiger partial charge in [0.2, 0.25) is 8.32 Å². The fourth-order valence-electron chi connectivity index (χ4n) is 1.41. The molecule has 112 valence electrons. The minimum atomic E-state index is -1.90. The van der Waals surface area contributed by atoms with Gasteiger partial charge in [0.1, 0.15) is 5.75 Å². The second-order valence-corrected chi connectivity index (χ2v) is 11.1. The zero-order valence-electron chi connectivity index (χ0n) is 13.5. The highest BCUT2D eigenvalue weighted by atomic mass is 28.4. The molecular weight excluding hydrogens is 270 g/mol. The van der Waals surface area contributed by atoms with E-state index in [4.69, 9.17) is 9.26 Å². The van der Waals surface area contributed by atoms with Gasteiger partial charge in [-0.05, 0) is 36.3 Å². The zero-order valence-corrected chi connectivity index (χ0v) is 14.5. The first-order valence-electron chi connectivity index (χ1n) is 6.70. The van der Waals surface area contributed by atoms with E-state index in [1.165, 1.54) is 12.2 Å². The lowest BCUT2D eigenvalue weighted by Gasteiger charge is -2.36. The highest BCUT2D eigenvalue weighted by Crippen LogP contribution is 2.37. The molecule has 0 saturated heterocycles. The van der Waals surface area contributed by atoms with Crippen LogP contribution >= 0.6 is 0 Å². The largest absolute Gasteiger partial charge is 0.543 e. The molecule has 1 aromatic carbocycles. The lowest BCUT2D eigenvalue weighted by Crippen LogP contribution is -2.43. The van der Waals surface area contributed by atoms with Gasteiger partial charge in [-0.15, -0.1) is 0 Å². The summed E-state index contributed by atoms with van der Waals surface area (Å²) < 4.78 is 6.20. The molecule has 0 unspecified atom stereocenters. The highest BCUT2D eigenvalue weighted by Gasteiger charge is 2.39. The molecule has 20 heavy (non-hydrogen) atoms. The van der Waals surface area contributed by atoms with Crippen LogP contribution in [0.1, 0.15) is 31.1 Å². The molecule has 4 nitrogen and oxygen atoms in total. The first kappa shape index (κ1) is 16.7. The predicted molar refractivity (Wildman–Crippen MR) is 83.4 cm³/mol. The molecule has 0 heterocycles. The first-order chi connectivity index (χ1) is 9.08. The fourth-order valence-corrected chi connectivity index (χ4v) is 2.43. The fraction of sp³-hybridized carbons (Fsp3) is 0.533. The van der Waals surface area contributed by atoms with Gasteiger partial charge in [0.05, 0.1) is 7.11 Å². The molecule has 0 spiro atoms. The van der Waals surface area contributed by atoms with Gasteiger partial charge in [-0.25, -0.2) is 5.06 Å². The molecule has 1 amide bonds. The Morgan fingerprint density at radius 2 is 1.85 bits per heavy atom. The van der Waals surface area contributed by atoms with Gasteiger partial charge in [-0.3, -0.25) is 9.63 Å². The van der Waals surface area contributed by atoms with Gasteiger partial charge < -0.3 is 4.43 Å². The van der Waals surface area contributed by atoms with E-state index in [0.29, 0.717) is 5.56 Å². The molecule has 0 aliphatic carbocycles. The Morgan fingerprint density at radius 3 is 2.35 bits per heavy atom. The number of amides is 1. The van der Waals surface area contributed by atoms with Gasteiger partial charge in [0.15, 0.2) is 0 Å². The van der Waals surface area contributed by atoms with Crippen LogP contribution < -0.4 is 4.43 Å². The van der Waals surface area contributed by atoms with Crippen molar-refractivity contribution in [2.75, 3.05) is 14.2 Å². The Morgan fingerprint density at radius 1 is 1.25 bits per heavy atom. The van der Waals surface area contributed by atoms with Gasteiger partial charge in [0, 0.05) is 12.6 Å². The third-order valence-corrected chi connectivity index (χ3v) is 8.18. The van der Waals surface area contributed by atoms with Gasteiger partial charge >= 0.3 is 0 Å². The quantitative estimate of drug-likeness (QED) is 0.628. The predicted octanol–water partition coefficient (Wildman–Crippen LogP) is 3.70. The van der Waals surface area contributed by atoms with Crippen LogP contribution in [0, 0.1) is 0 Å². The smallest absolute Gasteiger partial charge is 0.277 e. The topological polar surface area (TPSA) is 38.8 Å². The summed E-state index contributed by atoms with van der Waals surface area (Å²) in [6.45, 7) is 10.9. The Balaban J connectivity index is 2.98. The average Bonchev–Trinajstić information content (AvgIpc) is 2.35. The van der Waals surface area contributed by atoms with Crippen molar-refractivity contribution < 1.29 is 14.1 Å². The van der Waals surface area contributed by atoms with Gasteiger partial charge in [0.25, 0.3) is 5.91 Å². The number of hydrogen-bond acceptors (Lipinski definition) is 3. The van der Waals surface area contributed by atoms with Crippen LogP contribution in [-0.4, -0.2) is 33.4 Å².